The molecule has 0 radical (unpaired) electrons. The van der Waals surface area contributed by atoms with Crippen LogP contribution in [-0.4, -0.2) is 29.4 Å². The van der Waals surface area contributed by atoms with Gasteiger partial charge in [-0.1, -0.05) is 26.2 Å². The average molecular weight is 312 g/mol. The van der Waals surface area contributed by atoms with E-state index >= 15 is 0 Å². The third-order valence-corrected chi connectivity index (χ3v) is 3.93. The van der Waals surface area contributed by atoms with Gasteiger partial charge >= 0.3 is 66.9 Å². The molecule has 0 aliphatic carbocycles. The van der Waals surface area contributed by atoms with Gasteiger partial charge in [0.05, 0.1) is 5.75 Å². The number of rotatable bonds is 7. The predicted octanol–water partition coefficient (Wildman–Crippen LogP) is -5.59. The molecule has 0 atom stereocenters. The Kier molecular flexibility index (Phi) is 21.0. The minimum absolute atomic E-state index is 0. The Hall–Kier alpha value is 2.02. The molecule has 0 fully saturated rings. The van der Waals surface area contributed by atoms with Crippen LogP contribution in [0.15, 0.2) is 0 Å². The van der Waals surface area contributed by atoms with Crippen LogP contribution < -0.4 is 59.1 Å². The predicted molar refractivity (Wildman–Crippen MR) is 56.9 cm³/mol. The fourth-order valence-electron chi connectivity index (χ4n) is 0.891. The van der Waals surface area contributed by atoms with E-state index in [2.05, 4.69) is 3.97 Å². The van der Waals surface area contributed by atoms with Gasteiger partial charge in [-0.15, -0.1) is 0 Å². The summed E-state index contributed by atoms with van der Waals surface area (Å²) in [6, 6.07) is 0. The molecule has 0 spiro atoms. The monoisotopic (exact) mass is 312 g/mol. The Balaban J connectivity index is -0.0000000845. The Morgan fingerprint density at radius 1 is 1.18 bits per heavy atom. The molecule has 17 heavy (non-hydrogen) atoms. The molecule has 0 unspecified atom stereocenters. The molecule has 7 nitrogen and oxygen atoms in total. The van der Waals surface area contributed by atoms with Gasteiger partial charge in [0.1, 0.15) is 0 Å². The maximum absolute atomic E-state index is 10.9. The summed E-state index contributed by atoms with van der Waals surface area (Å²) in [6.45, 7) is 1.97. The zero-order valence-corrected chi connectivity index (χ0v) is 16.1. The first-order valence-corrected chi connectivity index (χ1v) is 7.37. The summed E-state index contributed by atoms with van der Waals surface area (Å²) < 4.78 is 35.7. The van der Waals surface area contributed by atoms with Crippen molar-refractivity contribution in [1.29, 1.82) is 0 Å². The van der Waals surface area contributed by atoms with Crippen LogP contribution >= 0.6 is 7.82 Å². The third kappa shape index (κ3) is 20.5. The maximum atomic E-state index is 10.9. The van der Waals surface area contributed by atoms with Crippen LogP contribution in [0.2, 0.25) is 0 Å². The van der Waals surface area contributed by atoms with Gasteiger partial charge in [-0.25, -0.2) is 4.57 Å². The minimum Gasteiger partial charge on any atom is -1.00 e. The fourth-order valence-corrected chi connectivity index (χ4v) is 2.93. The first-order chi connectivity index (χ1) is 6.27. The molecule has 4 N–H and O–H groups in total. The van der Waals surface area contributed by atoms with Gasteiger partial charge in [-0.3, -0.25) is 0 Å². The van der Waals surface area contributed by atoms with E-state index in [-0.39, 0.29) is 73.2 Å². The molecule has 0 aromatic rings. The molecule has 0 aliphatic rings. The molecule has 0 amide bonds. The van der Waals surface area contributed by atoms with Crippen molar-refractivity contribution in [1.82, 2.24) is 0 Å². The van der Waals surface area contributed by atoms with Crippen LogP contribution in [0.3, 0.4) is 0 Å². The van der Waals surface area contributed by atoms with Gasteiger partial charge in [0.15, 0.2) is 0 Å². The van der Waals surface area contributed by atoms with E-state index in [9.17, 15) is 13.0 Å². The first-order valence-electron chi connectivity index (χ1n) is 4.26. The number of unbranched alkanes of at least 4 members (excludes halogenated alkanes) is 3. The summed E-state index contributed by atoms with van der Waals surface area (Å²) >= 11 is 0. The van der Waals surface area contributed by atoms with E-state index < -0.39 is 17.9 Å². The van der Waals surface area contributed by atoms with Crippen LogP contribution in [0.5, 0.6) is 0 Å². The average Bonchev–Trinajstić information content (AvgIpc) is 1.93. The summed E-state index contributed by atoms with van der Waals surface area (Å²) in [7, 11) is -9.01. The smallest absolute Gasteiger partial charge is 1.00 e. The molecule has 0 aliphatic heterocycles. The van der Waals surface area contributed by atoms with E-state index in [0.717, 1.165) is 12.8 Å². The van der Waals surface area contributed by atoms with Gasteiger partial charge in [-0.05, 0) is 6.42 Å². The summed E-state index contributed by atoms with van der Waals surface area (Å²) in [6.07, 6.45) is 2.92. The van der Waals surface area contributed by atoms with Crippen molar-refractivity contribution >= 4 is 17.9 Å². The van der Waals surface area contributed by atoms with Crippen molar-refractivity contribution in [2.75, 3.05) is 5.75 Å². The topological polar surface area (TPSA) is 132 Å². The largest absolute Gasteiger partial charge is 1.00 e. The van der Waals surface area contributed by atoms with Crippen LogP contribution in [0.1, 0.15) is 35.5 Å². The summed E-state index contributed by atoms with van der Waals surface area (Å²) in [5.41, 5.74) is 0. The van der Waals surface area contributed by atoms with E-state index in [1.54, 1.807) is 0 Å². The van der Waals surface area contributed by atoms with Gasteiger partial charge in [0, 0.05) is 0 Å². The molecule has 0 saturated heterocycles. The van der Waals surface area contributed by atoms with Crippen molar-refractivity contribution in [3.8, 4) is 0 Å². The Morgan fingerprint density at radius 3 is 2.00 bits per heavy atom. The molecule has 0 aromatic carbocycles. The molecular formula is C6H19Na2O7PS. The van der Waals surface area contributed by atoms with Crippen LogP contribution in [0, 0.1) is 0 Å². The standard InChI is InChI=1S/C6H15O6PS.2Na.H2O.2H/c1-2-3-4-5-6-14(10,11)12-13(7,8)9;;;;;/h2-6H2,1H3,(H2,7,8,9);;;1H2;;/q;2*+1;;2*-1. The van der Waals surface area contributed by atoms with Crippen molar-refractivity contribution in [2.45, 2.75) is 32.6 Å². The van der Waals surface area contributed by atoms with Gasteiger partial charge in [-0.2, -0.15) is 12.4 Å². The quantitative estimate of drug-likeness (QED) is 0.274. The Labute approximate surface area is 149 Å². The van der Waals surface area contributed by atoms with Crippen molar-refractivity contribution < 1.29 is 94.2 Å². The second-order valence-electron chi connectivity index (χ2n) is 2.89. The molecule has 0 saturated carbocycles. The zero-order chi connectivity index (χ0) is 11.2. The maximum Gasteiger partial charge on any atom is 1.00 e. The molecule has 0 rings (SSSR count). The number of hydrogen-bond acceptors (Lipinski definition) is 4. The molecular weight excluding hydrogens is 293 g/mol. The third-order valence-electron chi connectivity index (χ3n) is 1.46. The van der Waals surface area contributed by atoms with E-state index in [4.69, 9.17) is 9.79 Å². The molecule has 11 heteroatoms. The Bertz CT molecular complexity index is 311. The Morgan fingerprint density at radius 2 is 1.65 bits per heavy atom. The zero-order valence-electron chi connectivity index (χ0n) is 12.4. The van der Waals surface area contributed by atoms with Gasteiger partial charge in [0.2, 0.25) is 0 Å². The van der Waals surface area contributed by atoms with E-state index in [0.29, 0.717) is 12.8 Å². The van der Waals surface area contributed by atoms with Crippen molar-refractivity contribution in [3.05, 3.63) is 0 Å². The normalized spacial score (nSPS) is 10.8. The molecule has 0 heterocycles. The van der Waals surface area contributed by atoms with Crippen LogP contribution in [0.4, 0.5) is 0 Å². The summed E-state index contributed by atoms with van der Waals surface area (Å²) in [5.74, 6) is -0.349. The van der Waals surface area contributed by atoms with Crippen LogP contribution in [-0.2, 0) is 18.7 Å². The van der Waals surface area contributed by atoms with Crippen molar-refractivity contribution in [2.24, 2.45) is 0 Å². The number of hydrogen-bond donors (Lipinski definition) is 2. The second-order valence-corrected chi connectivity index (χ2v) is 5.99. The first kappa shape index (κ1) is 27.4. The molecule has 98 valence electrons. The van der Waals surface area contributed by atoms with Gasteiger partial charge < -0.3 is 18.1 Å². The SMILES string of the molecule is CCCCCCS(=O)(=O)OP(=O)(O)O.O.[H-].[H-].[Na+].[Na+]. The van der Waals surface area contributed by atoms with Crippen molar-refractivity contribution in [3.63, 3.8) is 0 Å². The van der Waals surface area contributed by atoms with E-state index in [1.165, 1.54) is 0 Å². The second kappa shape index (κ2) is 13.0. The number of phosphoric acid groups is 1. The summed E-state index contributed by atoms with van der Waals surface area (Å²) in [5, 5.41) is 0. The molecule has 0 bridgehead atoms. The molecule has 0 aromatic heterocycles. The summed E-state index contributed by atoms with van der Waals surface area (Å²) in [4.78, 5) is 16.5. The fraction of sp³-hybridized carbons (Fsp3) is 1.00. The van der Waals surface area contributed by atoms with E-state index in [1.807, 2.05) is 6.92 Å². The van der Waals surface area contributed by atoms with Gasteiger partial charge in [0.25, 0.3) is 10.1 Å². The minimum atomic E-state index is -4.93. The van der Waals surface area contributed by atoms with Crippen LogP contribution in [0.25, 0.3) is 0 Å².